The molecule has 2 amide bonds. The summed E-state index contributed by atoms with van der Waals surface area (Å²) < 4.78 is 0. The van der Waals surface area contributed by atoms with E-state index in [1.54, 1.807) is 30.6 Å². The summed E-state index contributed by atoms with van der Waals surface area (Å²) in [6, 6.07) is 14.7. The highest BCUT2D eigenvalue weighted by Gasteiger charge is 2.17. The summed E-state index contributed by atoms with van der Waals surface area (Å²) in [7, 11) is 0. The number of rotatable bonds is 5. The standard InChI is InChI=1S/C19H15N5O2S/c25-17(13-6-8-20-9-7-13)22-16-14-10-15(27-19(14)24-23-16)18(26)21-11-12-4-2-1-3-5-12/h1-10H,11H2,(H,21,26)(H2,22,23,24,25). The van der Waals surface area contributed by atoms with E-state index in [0.717, 1.165) is 10.4 Å². The average molecular weight is 377 g/mol. The van der Waals surface area contributed by atoms with E-state index in [1.807, 2.05) is 30.3 Å². The fourth-order valence-electron chi connectivity index (χ4n) is 2.57. The van der Waals surface area contributed by atoms with Crippen molar-refractivity contribution in [1.29, 1.82) is 0 Å². The lowest BCUT2D eigenvalue weighted by Crippen LogP contribution is -2.21. The van der Waals surface area contributed by atoms with Crippen LogP contribution in [0.25, 0.3) is 10.2 Å². The maximum Gasteiger partial charge on any atom is 0.261 e. The molecule has 0 unspecified atom stereocenters. The Morgan fingerprint density at radius 1 is 1.04 bits per heavy atom. The van der Waals surface area contributed by atoms with Crippen LogP contribution in [0.1, 0.15) is 25.6 Å². The smallest absolute Gasteiger partial charge is 0.261 e. The van der Waals surface area contributed by atoms with E-state index in [4.69, 9.17) is 0 Å². The van der Waals surface area contributed by atoms with Gasteiger partial charge in [0.05, 0.1) is 10.3 Å². The maximum absolute atomic E-state index is 12.4. The number of nitrogens with zero attached hydrogens (tertiary/aromatic N) is 2. The number of H-pyrrole nitrogens is 1. The van der Waals surface area contributed by atoms with E-state index in [2.05, 4.69) is 25.8 Å². The fourth-order valence-corrected chi connectivity index (χ4v) is 3.49. The lowest BCUT2D eigenvalue weighted by Gasteiger charge is -2.03. The number of anilines is 1. The van der Waals surface area contributed by atoms with Gasteiger partial charge in [0, 0.05) is 24.5 Å². The number of pyridine rings is 1. The van der Waals surface area contributed by atoms with E-state index < -0.39 is 0 Å². The molecule has 27 heavy (non-hydrogen) atoms. The van der Waals surface area contributed by atoms with E-state index in [9.17, 15) is 9.59 Å². The van der Waals surface area contributed by atoms with Crippen LogP contribution in [0.5, 0.6) is 0 Å². The summed E-state index contributed by atoms with van der Waals surface area (Å²) >= 11 is 1.29. The fraction of sp³-hybridized carbons (Fsp3) is 0.0526. The van der Waals surface area contributed by atoms with Crippen LogP contribution in [0, 0.1) is 0 Å². The Morgan fingerprint density at radius 2 is 1.81 bits per heavy atom. The molecule has 0 aliphatic carbocycles. The number of aromatic nitrogens is 3. The largest absolute Gasteiger partial charge is 0.347 e. The van der Waals surface area contributed by atoms with Gasteiger partial charge in [-0.1, -0.05) is 30.3 Å². The lowest BCUT2D eigenvalue weighted by molar-refractivity contribution is 0.0954. The summed E-state index contributed by atoms with van der Waals surface area (Å²) in [5.41, 5.74) is 1.51. The van der Waals surface area contributed by atoms with Gasteiger partial charge >= 0.3 is 0 Å². The normalized spacial score (nSPS) is 10.7. The number of hydrogen-bond acceptors (Lipinski definition) is 5. The molecule has 3 aromatic heterocycles. The summed E-state index contributed by atoms with van der Waals surface area (Å²) in [6.45, 7) is 0.454. The predicted octanol–water partition coefficient (Wildman–Crippen LogP) is 3.20. The van der Waals surface area contributed by atoms with Crippen LogP contribution in [0.3, 0.4) is 0 Å². The molecule has 3 N–H and O–H groups in total. The Bertz CT molecular complexity index is 1090. The molecule has 0 saturated heterocycles. The Kier molecular flexibility index (Phi) is 4.63. The highest BCUT2D eigenvalue weighted by molar-refractivity contribution is 7.20. The van der Waals surface area contributed by atoms with Gasteiger partial charge in [0.2, 0.25) is 0 Å². The third-order valence-corrected chi connectivity index (χ3v) is 4.99. The van der Waals surface area contributed by atoms with Gasteiger partial charge in [-0.2, -0.15) is 5.10 Å². The molecule has 8 heteroatoms. The minimum Gasteiger partial charge on any atom is -0.347 e. The van der Waals surface area contributed by atoms with Gasteiger partial charge in [-0.25, -0.2) is 0 Å². The van der Waals surface area contributed by atoms with E-state index in [0.29, 0.717) is 28.2 Å². The molecule has 134 valence electrons. The lowest BCUT2D eigenvalue weighted by atomic mass is 10.2. The number of thiophene rings is 1. The van der Waals surface area contributed by atoms with E-state index >= 15 is 0 Å². The number of amides is 2. The highest BCUT2D eigenvalue weighted by Crippen LogP contribution is 2.29. The van der Waals surface area contributed by atoms with Crippen LogP contribution in [-0.2, 0) is 6.54 Å². The molecule has 0 bridgehead atoms. The van der Waals surface area contributed by atoms with Crippen molar-refractivity contribution in [2.75, 3.05) is 5.32 Å². The number of carbonyl (C=O) groups excluding carboxylic acids is 2. The second kappa shape index (κ2) is 7.38. The molecule has 0 aliphatic rings. The van der Waals surface area contributed by atoms with Crippen LogP contribution in [0.4, 0.5) is 5.82 Å². The van der Waals surface area contributed by atoms with Crippen molar-refractivity contribution >= 4 is 39.2 Å². The van der Waals surface area contributed by atoms with Crippen molar-refractivity contribution in [1.82, 2.24) is 20.5 Å². The van der Waals surface area contributed by atoms with E-state index in [-0.39, 0.29) is 11.8 Å². The molecule has 0 radical (unpaired) electrons. The number of nitrogens with one attached hydrogen (secondary N) is 3. The minimum absolute atomic E-state index is 0.167. The second-order valence-electron chi connectivity index (χ2n) is 5.78. The Balaban J connectivity index is 1.48. The van der Waals surface area contributed by atoms with Crippen LogP contribution in [0.2, 0.25) is 0 Å². The van der Waals surface area contributed by atoms with Crippen molar-refractivity contribution < 1.29 is 9.59 Å². The maximum atomic E-state index is 12.4. The molecule has 4 rings (SSSR count). The average Bonchev–Trinajstić information content (AvgIpc) is 3.29. The van der Waals surface area contributed by atoms with Gasteiger partial charge in [0.1, 0.15) is 4.83 Å². The molecule has 7 nitrogen and oxygen atoms in total. The number of benzene rings is 1. The zero-order valence-corrected chi connectivity index (χ0v) is 14.9. The molecular weight excluding hydrogens is 362 g/mol. The van der Waals surface area contributed by atoms with Crippen molar-refractivity contribution in [3.63, 3.8) is 0 Å². The van der Waals surface area contributed by atoms with Crippen molar-refractivity contribution in [2.24, 2.45) is 0 Å². The molecule has 0 saturated carbocycles. The minimum atomic E-state index is -0.285. The Labute approximate surface area is 158 Å². The van der Waals surface area contributed by atoms with Gasteiger partial charge < -0.3 is 10.6 Å². The van der Waals surface area contributed by atoms with Crippen molar-refractivity contribution in [3.8, 4) is 0 Å². The van der Waals surface area contributed by atoms with Gasteiger partial charge in [-0.3, -0.25) is 19.7 Å². The molecule has 4 aromatic rings. The van der Waals surface area contributed by atoms with Gasteiger partial charge in [0.25, 0.3) is 11.8 Å². The van der Waals surface area contributed by atoms with Crippen molar-refractivity contribution in [3.05, 3.63) is 76.9 Å². The summed E-state index contributed by atoms with van der Waals surface area (Å²) in [6.07, 6.45) is 3.10. The van der Waals surface area contributed by atoms with Gasteiger partial charge in [0.15, 0.2) is 5.82 Å². The first kappa shape index (κ1) is 16.9. The van der Waals surface area contributed by atoms with Crippen LogP contribution < -0.4 is 10.6 Å². The van der Waals surface area contributed by atoms with E-state index in [1.165, 1.54) is 11.3 Å². The number of aromatic amines is 1. The van der Waals surface area contributed by atoms with Crippen LogP contribution in [0.15, 0.2) is 60.9 Å². The number of fused-ring (bicyclic) bond motifs is 1. The first-order valence-electron chi connectivity index (χ1n) is 8.22. The first-order chi connectivity index (χ1) is 13.2. The zero-order chi connectivity index (χ0) is 18.6. The Morgan fingerprint density at radius 3 is 2.59 bits per heavy atom. The molecule has 0 fully saturated rings. The molecular formula is C19H15N5O2S. The van der Waals surface area contributed by atoms with Gasteiger partial charge in [-0.05, 0) is 23.8 Å². The molecule has 0 spiro atoms. The molecule has 3 heterocycles. The predicted molar refractivity (Wildman–Crippen MR) is 104 cm³/mol. The topological polar surface area (TPSA) is 99.8 Å². The second-order valence-corrected chi connectivity index (χ2v) is 6.84. The van der Waals surface area contributed by atoms with Crippen molar-refractivity contribution in [2.45, 2.75) is 6.54 Å². The third-order valence-electron chi connectivity index (χ3n) is 3.95. The molecule has 0 aliphatic heterocycles. The Hall–Kier alpha value is -3.52. The zero-order valence-electron chi connectivity index (χ0n) is 14.1. The SMILES string of the molecule is O=C(Nc1n[nH]c2sc(C(=O)NCc3ccccc3)cc12)c1ccncc1. The van der Waals surface area contributed by atoms with Crippen LogP contribution >= 0.6 is 11.3 Å². The highest BCUT2D eigenvalue weighted by atomic mass is 32.1. The number of hydrogen-bond donors (Lipinski definition) is 3. The third kappa shape index (κ3) is 3.70. The summed E-state index contributed by atoms with van der Waals surface area (Å²) in [5, 5.41) is 13.3. The summed E-state index contributed by atoms with van der Waals surface area (Å²) in [4.78, 5) is 29.9. The monoisotopic (exact) mass is 377 g/mol. The first-order valence-corrected chi connectivity index (χ1v) is 9.04. The van der Waals surface area contributed by atoms with Gasteiger partial charge in [-0.15, -0.1) is 11.3 Å². The molecule has 1 aromatic carbocycles. The number of carbonyl (C=O) groups is 2. The summed E-state index contributed by atoms with van der Waals surface area (Å²) in [5.74, 6) is -0.0582. The van der Waals surface area contributed by atoms with Crippen LogP contribution in [-0.4, -0.2) is 27.0 Å². The quantitative estimate of drug-likeness (QED) is 0.497. The molecule has 0 atom stereocenters.